The minimum atomic E-state index is 0.00441. The molecule has 1 saturated heterocycles. The van der Waals surface area contributed by atoms with Gasteiger partial charge in [-0.3, -0.25) is 4.79 Å². The van der Waals surface area contributed by atoms with Gasteiger partial charge in [-0.1, -0.05) is 0 Å². The minimum Gasteiger partial charge on any atom is -0.454 e. The number of carbonyl (C=O) groups is 1. The molecule has 9 heteroatoms. The zero-order chi connectivity index (χ0) is 18.4. The number of nitrogens with zero attached hydrogens (tertiary/aromatic N) is 6. The fraction of sp³-hybridized carbons (Fsp3) is 0.333. The Morgan fingerprint density at radius 1 is 1.07 bits per heavy atom. The van der Waals surface area contributed by atoms with Crippen molar-refractivity contribution in [1.29, 1.82) is 0 Å². The summed E-state index contributed by atoms with van der Waals surface area (Å²) in [6, 6.07) is 7.32. The van der Waals surface area contributed by atoms with Gasteiger partial charge < -0.3 is 19.3 Å². The van der Waals surface area contributed by atoms with E-state index in [2.05, 4.69) is 20.0 Å². The Labute approximate surface area is 155 Å². The predicted octanol–water partition coefficient (Wildman–Crippen LogP) is 1.12. The van der Waals surface area contributed by atoms with Gasteiger partial charge in [0.1, 0.15) is 12.1 Å². The first kappa shape index (κ1) is 15.9. The van der Waals surface area contributed by atoms with Crippen LogP contribution in [-0.2, 0) is 0 Å². The molecular weight excluding hydrogens is 348 g/mol. The van der Waals surface area contributed by atoms with Gasteiger partial charge >= 0.3 is 0 Å². The van der Waals surface area contributed by atoms with Crippen molar-refractivity contribution in [1.82, 2.24) is 24.5 Å². The van der Waals surface area contributed by atoms with E-state index in [9.17, 15) is 4.79 Å². The normalized spacial score (nSPS) is 16.2. The first-order valence-electron chi connectivity index (χ1n) is 8.80. The van der Waals surface area contributed by atoms with Crippen molar-refractivity contribution in [3.8, 4) is 11.5 Å². The lowest BCUT2D eigenvalue weighted by Crippen LogP contribution is -2.49. The summed E-state index contributed by atoms with van der Waals surface area (Å²) in [5.41, 5.74) is 1.51. The van der Waals surface area contributed by atoms with Gasteiger partial charge in [0.15, 0.2) is 11.5 Å². The van der Waals surface area contributed by atoms with Crippen molar-refractivity contribution in [2.24, 2.45) is 0 Å². The smallest absolute Gasteiger partial charge is 0.254 e. The van der Waals surface area contributed by atoms with Crippen LogP contribution < -0.4 is 14.4 Å². The fourth-order valence-corrected chi connectivity index (χ4v) is 3.49. The summed E-state index contributed by atoms with van der Waals surface area (Å²) < 4.78 is 12.4. The van der Waals surface area contributed by atoms with Gasteiger partial charge in [0.2, 0.25) is 6.79 Å². The number of anilines is 1. The zero-order valence-corrected chi connectivity index (χ0v) is 14.8. The molecule has 0 saturated carbocycles. The van der Waals surface area contributed by atoms with E-state index in [1.54, 1.807) is 22.7 Å². The van der Waals surface area contributed by atoms with Gasteiger partial charge in [0.05, 0.1) is 0 Å². The Kier molecular flexibility index (Phi) is 3.59. The monoisotopic (exact) mass is 366 g/mol. The minimum absolute atomic E-state index is 0.00441. The van der Waals surface area contributed by atoms with Crippen molar-refractivity contribution < 1.29 is 14.3 Å². The molecule has 0 unspecified atom stereocenters. The van der Waals surface area contributed by atoms with Crippen LogP contribution in [0.1, 0.15) is 16.1 Å². The van der Waals surface area contributed by atoms with Crippen molar-refractivity contribution in [2.45, 2.75) is 6.92 Å². The van der Waals surface area contributed by atoms with E-state index in [0.717, 1.165) is 11.5 Å². The second-order valence-electron chi connectivity index (χ2n) is 6.57. The van der Waals surface area contributed by atoms with Crippen LogP contribution in [0.15, 0.2) is 30.6 Å². The molecule has 1 amide bonds. The number of fused-ring (bicyclic) bond motifs is 2. The first-order chi connectivity index (χ1) is 13.2. The van der Waals surface area contributed by atoms with E-state index >= 15 is 0 Å². The van der Waals surface area contributed by atoms with Crippen LogP contribution >= 0.6 is 0 Å². The number of benzene rings is 1. The van der Waals surface area contributed by atoms with Gasteiger partial charge in [-0.05, 0) is 25.1 Å². The molecule has 27 heavy (non-hydrogen) atoms. The number of hydrogen-bond donors (Lipinski definition) is 0. The van der Waals surface area contributed by atoms with Gasteiger partial charge in [-0.15, -0.1) is 0 Å². The largest absolute Gasteiger partial charge is 0.454 e. The molecule has 0 bridgehead atoms. The number of ether oxygens (including phenoxy) is 2. The van der Waals surface area contributed by atoms with Gasteiger partial charge in [-0.2, -0.15) is 14.6 Å². The molecule has 9 nitrogen and oxygen atoms in total. The van der Waals surface area contributed by atoms with Crippen LogP contribution in [0, 0.1) is 6.92 Å². The molecule has 2 aliphatic rings. The lowest BCUT2D eigenvalue weighted by atomic mass is 10.1. The maximum Gasteiger partial charge on any atom is 0.254 e. The van der Waals surface area contributed by atoms with Crippen LogP contribution in [0.3, 0.4) is 0 Å². The Balaban J connectivity index is 1.32. The highest BCUT2D eigenvalue weighted by molar-refractivity contribution is 5.95. The number of aryl methyl sites for hydroxylation is 1. The van der Waals surface area contributed by atoms with E-state index in [0.29, 0.717) is 49.0 Å². The molecule has 0 atom stereocenters. The Hall–Kier alpha value is -3.36. The molecule has 2 aromatic heterocycles. The molecule has 2 aliphatic heterocycles. The highest BCUT2D eigenvalue weighted by Crippen LogP contribution is 2.33. The molecule has 4 heterocycles. The van der Waals surface area contributed by atoms with Gasteiger partial charge in [0.25, 0.3) is 11.7 Å². The first-order valence-corrected chi connectivity index (χ1v) is 8.80. The second-order valence-corrected chi connectivity index (χ2v) is 6.57. The molecule has 3 aromatic rings. The van der Waals surface area contributed by atoms with Crippen LogP contribution in [0.4, 0.5) is 5.82 Å². The van der Waals surface area contributed by atoms with E-state index < -0.39 is 0 Å². The molecule has 0 aliphatic carbocycles. The Morgan fingerprint density at radius 3 is 2.74 bits per heavy atom. The third-order valence-corrected chi connectivity index (χ3v) is 4.87. The van der Waals surface area contributed by atoms with Crippen LogP contribution in [0.2, 0.25) is 0 Å². The number of piperazine rings is 1. The lowest BCUT2D eigenvalue weighted by molar-refractivity contribution is 0.0746. The highest BCUT2D eigenvalue weighted by atomic mass is 16.7. The number of amides is 1. The van der Waals surface area contributed by atoms with Crippen LogP contribution in [-0.4, -0.2) is 63.4 Å². The summed E-state index contributed by atoms with van der Waals surface area (Å²) in [6.07, 6.45) is 1.50. The molecule has 1 fully saturated rings. The quantitative estimate of drug-likeness (QED) is 0.672. The standard InChI is InChI=1S/C18H18N6O3/c1-12-8-16(24-18(21-12)19-10-20-24)22-4-6-23(7-5-22)17(25)13-2-3-14-15(9-13)27-11-26-14/h2-3,8-10H,4-7,11H2,1H3. The topological polar surface area (TPSA) is 85.1 Å². The highest BCUT2D eigenvalue weighted by Gasteiger charge is 2.25. The third-order valence-electron chi connectivity index (χ3n) is 4.87. The second kappa shape index (κ2) is 6.11. The molecule has 0 N–H and O–H groups in total. The Bertz CT molecular complexity index is 1030. The molecule has 0 spiro atoms. The fourth-order valence-electron chi connectivity index (χ4n) is 3.49. The average molecular weight is 366 g/mol. The van der Waals surface area contributed by atoms with Crippen molar-refractivity contribution >= 4 is 17.5 Å². The third kappa shape index (κ3) is 2.71. The number of carbonyl (C=O) groups excluding carboxylic acids is 1. The summed E-state index contributed by atoms with van der Waals surface area (Å²) in [5.74, 6) is 2.85. The summed E-state index contributed by atoms with van der Waals surface area (Å²) in [4.78, 5) is 25.5. The summed E-state index contributed by atoms with van der Waals surface area (Å²) >= 11 is 0. The lowest BCUT2D eigenvalue weighted by Gasteiger charge is -2.36. The molecular formula is C18H18N6O3. The van der Waals surface area contributed by atoms with E-state index in [-0.39, 0.29) is 12.7 Å². The van der Waals surface area contributed by atoms with E-state index in [1.165, 1.54) is 6.33 Å². The summed E-state index contributed by atoms with van der Waals surface area (Å²) in [5, 5.41) is 4.27. The maximum absolute atomic E-state index is 12.8. The SMILES string of the molecule is Cc1cc(N2CCN(C(=O)c3ccc4c(c3)OCO4)CC2)n2ncnc2n1. The molecule has 5 rings (SSSR count). The van der Waals surface area contributed by atoms with Crippen molar-refractivity contribution in [3.05, 3.63) is 41.9 Å². The van der Waals surface area contributed by atoms with Crippen molar-refractivity contribution in [2.75, 3.05) is 37.9 Å². The van der Waals surface area contributed by atoms with E-state index in [1.807, 2.05) is 17.9 Å². The zero-order valence-electron chi connectivity index (χ0n) is 14.8. The maximum atomic E-state index is 12.8. The predicted molar refractivity (Wildman–Crippen MR) is 96.2 cm³/mol. The number of aromatic nitrogens is 4. The molecule has 0 radical (unpaired) electrons. The summed E-state index contributed by atoms with van der Waals surface area (Å²) in [7, 11) is 0. The van der Waals surface area contributed by atoms with Crippen LogP contribution in [0.25, 0.3) is 5.78 Å². The molecule has 1 aromatic carbocycles. The van der Waals surface area contributed by atoms with Crippen molar-refractivity contribution in [3.63, 3.8) is 0 Å². The number of rotatable bonds is 2. The summed E-state index contributed by atoms with van der Waals surface area (Å²) in [6.45, 7) is 4.84. The molecule has 138 valence electrons. The van der Waals surface area contributed by atoms with E-state index in [4.69, 9.17) is 9.47 Å². The van der Waals surface area contributed by atoms with Gasteiger partial charge in [-0.25, -0.2) is 4.98 Å². The number of hydrogen-bond acceptors (Lipinski definition) is 7. The average Bonchev–Trinajstić information content (AvgIpc) is 3.35. The van der Waals surface area contributed by atoms with Crippen LogP contribution in [0.5, 0.6) is 11.5 Å². The van der Waals surface area contributed by atoms with Gasteiger partial charge in [0, 0.05) is 43.5 Å². The Morgan fingerprint density at radius 2 is 1.89 bits per heavy atom.